The van der Waals surface area contributed by atoms with Crippen LogP contribution in [0.3, 0.4) is 0 Å². The molecule has 0 bridgehead atoms. The Morgan fingerprint density at radius 1 is 1.21 bits per heavy atom. The van der Waals surface area contributed by atoms with Crippen LogP contribution >= 0.6 is 0 Å². The van der Waals surface area contributed by atoms with Gasteiger partial charge in [0.1, 0.15) is 0 Å². The van der Waals surface area contributed by atoms with Crippen LogP contribution in [0.1, 0.15) is 48.8 Å². The molecule has 19 heavy (non-hydrogen) atoms. The quantitative estimate of drug-likeness (QED) is 0.733. The first kappa shape index (κ1) is 14.5. The van der Waals surface area contributed by atoms with Gasteiger partial charge in [0.05, 0.1) is 13.2 Å². The van der Waals surface area contributed by atoms with Crippen LogP contribution in [0.5, 0.6) is 0 Å². The van der Waals surface area contributed by atoms with Gasteiger partial charge in [0.25, 0.3) is 0 Å². The highest BCUT2D eigenvalue weighted by Crippen LogP contribution is 2.39. The van der Waals surface area contributed by atoms with E-state index in [-0.39, 0.29) is 6.04 Å². The Morgan fingerprint density at radius 2 is 2.00 bits per heavy atom. The highest BCUT2D eigenvalue weighted by molar-refractivity contribution is 5.34. The van der Waals surface area contributed by atoms with Crippen molar-refractivity contribution >= 4 is 0 Å². The van der Waals surface area contributed by atoms with E-state index in [0.717, 1.165) is 12.3 Å². The zero-order chi connectivity index (χ0) is 13.5. The van der Waals surface area contributed by atoms with E-state index in [4.69, 9.17) is 15.2 Å². The summed E-state index contributed by atoms with van der Waals surface area (Å²) in [4.78, 5) is 0. The number of ether oxygens (including phenoxy) is 2. The van der Waals surface area contributed by atoms with Gasteiger partial charge in [-0.15, -0.1) is 0 Å². The van der Waals surface area contributed by atoms with Crippen molar-refractivity contribution in [1.29, 1.82) is 0 Å². The summed E-state index contributed by atoms with van der Waals surface area (Å²) in [6.45, 7) is 1.99. The summed E-state index contributed by atoms with van der Waals surface area (Å²) in [5.74, 6) is 0.733. The molecule has 1 atom stereocenters. The molecule has 1 unspecified atom stereocenters. The van der Waals surface area contributed by atoms with Crippen LogP contribution in [-0.4, -0.2) is 26.9 Å². The summed E-state index contributed by atoms with van der Waals surface area (Å²) in [6.07, 6.45) is 4.85. The molecular weight excluding hydrogens is 238 g/mol. The normalized spacial score (nSPS) is 17.2. The van der Waals surface area contributed by atoms with Crippen molar-refractivity contribution in [3.05, 3.63) is 35.4 Å². The maximum Gasteiger partial charge on any atom is 0.0700 e. The van der Waals surface area contributed by atoms with Gasteiger partial charge in [-0.05, 0) is 36.3 Å². The molecule has 1 saturated carbocycles. The standard InChI is InChI=1S/C16H25NO2/c1-18-11-12-19-10-9-16(17)15-8-3-2-7-14(15)13-5-4-6-13/h2-3,7-8,13,16H,4-6,9-12,17H2,1H3. The Balaban J connectivity index is 1.85. The van der Waals surface area contributed by atoms with Crippen molar-refractivity contribution in [1.82, 2.24) is 0 Å². The summed E-state index contributed by atoms with van der Waals surface area (Å²) in [5, 5.41) is 0. The molecule has 1 aliphatic rings. The third kappa shape index (κ3) is 4.03. The van der Waals surface area contributed by atoms with E-state index in [1.165, 1.54) is 30.4 Å². The average Bonchev–Trinajstić information content (AvgIpc) is 2.37. The van der Waals surface area contributed by atoms with Crippen LogP contribution in [0, 0.1) is 0 Å². The SMILES string of the molecule is COCCOCCC(N)c1ccccc1C1CCC1. The third-order valence-electron chi connectivity index (χ3n) is 3.95. The molecule has 0 radical (unpaired) electrons. The second-order valence-corrected chi connectivity index (χ2v) is 5.26. The third-order valence-corrected chi connectivity index (χ3v) is 3.95. The maximum absolute atomic E-state index is 6.32. The molecular formula is C16H25NO2. The highest BCUT2D eigenvalue weighted by atomic mass is 16.5. The van der Waals surface area contributed by atoms with Gasteiger partial charge in [-0.25, -0.2) is 0 Å². The zero-order valence-electron chi connectivity index (χ0n) is 11.8. The fourth-order valence-electron chi connectivity index (χ4n) is 2.55. The van der Waals surface area contributed by atoms with E-state index in [2.05, 4.69) is 24.3 Å². The molecule has 2 rings (SSSR count). The van der Waals surface area contributed by atoms with Crippen molar-refractivity contribution in [2.24, 2.45) is 5.73 Å². The predicted octanol–water partition coefficient (Wildman–Crippen LogP) is 3.01. The van der Waals surface area contributed by atoms with Crippen molar-refractivity contribution < 1.29 is 9.47 Å². The highest BCUT2D eigenvalue weighted by Gasteiger charge is 2.23. The molecule has 1 fully saturated rings. The second-order valence-electron chi connectivity index (χ2n) is 5.26. The van der Waals surface area contributed by atoms with Gasteiger partial charge in [-0.3, -0.25) is 0 Å². The molecule has 3 heteroatoms. The molecule has 0 aliphatic heterocycles. The van der Waals surface area contributed by atoms with E-state index < -0.39 is 0 Å². The molecule has 1 aliphatic carbocycles. The lowest BCUT2D eigenvalue weighted by Crippen LogP contribution is -2.19. The molecule has 3 nitrogen and oxygen atoms in total. The molecule has 1 aromatic carbocycles. The summed E-state index contributed by atoms with van der Waals surface area (Å²) < 4.78 is 10.5. The van der Waals surface area contributed by atoms with Gasteiger partial charge in [0.15, 0.2) is 0 Å². The minimum Gasteiger partial charge on any atom is -0.382 e. The second kappa shape index (κ2) is 7.63. The molecule has 0 heterocycles. The van der Waals surface area contributed by atoms with Crippen LogP contribution in [0.15, 0.2) is 24.3 Å². The topological polar surface area (TPSA) is 44.5 Å². The predicted molar refractivity (Wildman–Crippen MR) is 77.3 cm³/mol. The van der Waals surface area contributed by atoms with E-state index in [1.54, 1.807) is 7.11 Å². The van der Waals surface area contributed by atoms with E-state index >= 15 is 0 Å². The minimum atomic E-state index is 0.0827. The van der Waals surface area contributed by atoms with Crippen molar-refractivity contribution in [2.45, 2.75) is 37.6 Å². The number of nitrogens with two attached hydrogens (primary N) is 1. The van der Waals surface area contributed by atoms with Crippen LogP contribution < -0.4 is 5.73 Å². The Kier molecular flexibility index (Phi) is 5.83. The van der Waals surface area contributed by atoms with E-state index in [9.17, 15) is 0 Å². The Bertz CT molecular complexity index is 377. The Morgan fingerprint density at radius 3 is 2.68 bits per heavy atom. The fourth-order valence-corrected chi connectivity index (χ4v) is 2.55. The first-order valence-electron chi connectivity index (χ1n) is 7.24. The van der Waals surface area contributed by atoms with Crippen LogP contribution in [-0.2, 0) is 9.47 Å². The van der Waals surface area contributed by atoms with Gasteiger partial charge in [0, 0.05) is 19.8 Å². The van der Waals surface area contributed by atoms with Gasteiger partial charge in [-0.1, -0.05) is 30.7 Å². The van der Waals surface area contributed by atoms with Gasteiger partial charge in [-0.2, -0.15) is 0 Å². The lowest BCUT2D eigenvalue weighted by atomic mass is 9.77. The van der Waals surface area contributed by atoms with Crippen molar-refractivity contribution in [3.63, 3.8) is 0 Å². The number of hydrogen-bond donors (Lipinski definition) is 1. The first-order valence-corrected chi connectivity index (χ1v) is 7.24. The van der Waals surface area contributed by atoms with E-state index in [1.807, 2.05) is 0 Å². The number of benzene rings is 1. The molecule has 1 aromatic rings. The zero-order valence-corrected chi connectivity index (χ0v) is 11.8. The van der Waals surface area contributed by atoms with Gasteiger partial charge in [0.2, 0.25) is 0 Å². The van der Waals surface area contributed by atoms with Crippen LogP contribution in [0.25, 0.3) is 0 Å². The fraction of sp³-hybridized carbons (Fsp3) is 0.625. The first-order chi connectivity index (χ1) is 9.33. The molecule has 2 N–H and O–H groups in total. The molecule has 0 aromatic heterocycles. The van der Waals surface area contributed by atoms with Gasteiger partial charge >= 0.3 is 0 Å². The van der Waals surface area contributed by atoms with Crippen LogP contribution in [0.4, 0.5) is 0 Å². The van der Waals surface area contributed by atoms with Crippen molar-refractivity contribution in [2.75, 3.05) is 26.9 Å². The minimum absolute atomic E-state index is 0.0827. The Hall–Kier alpha value is -0.900. The monoisotopic (exact) mass is 263 g/mol. The molecule has 0 amide bonds. The van der Waals surface area contributed by atoms with Crippen molar-refractivity contribution in [3.8, 4) is 0 Å². The summed E-state index contributed by atoms with van der Waals surface area (Å²) >= 11 is 0. The number of rotatable bonds is 8. The Labute approximate surface area is 116 Å². The van der Waals surface area contributed by atoms with Gasteiger partial charge < -0.3 is 15.2 Å². The maximum atomic E-state index is 6.32. The largest absolute Gasteiger partial charge is 0.382 e. The lowest BCUT2D eigenvalue weighted by Gasteiger charge is -2.29. The summed E-state index contributed by atoms with van der Waals surface area (Å²) in [5.41, 5.74) is 9.08. The summed E-state index contributed by atoms with van der Waals surface area (Å²) in [6, 6.07) is 8.71. The molecule has 0 spiro atoms. The molecule has 0 saturated heterocycles. The number of methoxy groups -OCH3 is 1. The average molecular weight is 263 g/mol. The summed E-state index contributed by atoms with van der Waals surface area (Å²) in [7, 11) is 1.68. The smallest absolute Gasteiger partial charge is 0.0700 e. The van der Waals surface area contributed by atoms with E-state index in [0.29, 0.717) is 19.8 Å². The number of hydrogen-bond acceptors (Lipinski definition) is 3. The van der Waals surface area contributed by atoms with Crippen LogP contribution in [0.2, 0.25) is 0 Å². The molecule has 106 valence electrons. The lowest BCUT2D eigenvalue weighted by molar-refractivity contribution is 0.0671.